The van der Waals surface area contributed by atoms with Crippen LogP contribution in [0.2, 0.25) is 0 Å². The molecule has 0 saturated carbocycles. The first-order valence-corrected chi connectivity index (χ1v) is 9.12. The molecular weight excluding hydrogens is 320 g/mol. The average Bonchev–Trinajstić information content (AvgIpc) is 3.03. The molecule has 0 N–H and O–H groups in total. The molecule has 0 saturated heterocycles. The van der Waals surface area contributed by atoms with Crippen molar-refractivity contribution >= 4 is 34.4 Å². The highest BCUT2D eigenvalue weighted by molar-refractivity contribution is 7.98. The molecule has 0 aromatic carbocycles. The maximum atomic E-state index is 4.45. The van der Waals surface area contributed by atoms with E-state index >= 15 is 0 Å². The van der Waals surface area contributed by atoms with Gasteiger partial charge in [-0.3, -0.25) is 0 Å². The largest absolute Gasteiger partial charge is 0.246 e. The van der Waals surface area contributed by atoms with E-state index in [2.05, 4.69) is 25.5 Å². The quantitative estimate of drug-likeness (QED) is 0.667. The molecular formula is C14H14N4S3. The molecule has 0 fully saturated rings. The SMILES string of the molecule is Cc1nc(CSc2ccc(-c3sc(C)nc3C)nn2)cs1. The smallest absolute Gasteiger partial charge is 0.119 e. The summed E-state index contributed by atoms with van der Waals surface area (Å²) in [7, 11) is 0. The first-order chi connectivity index (χ1) is 10.1. The van der Waals surface area contributed by atoms with Crippen molar-refractivity contribution in [3.05, 3.63) is 38.9 Å². The summed E-state index contributed by atoms with van der Waals surface area (Å²) in [5.41, 5.74) is 3.01. The molecule has 0 aliphatic rings. The zero-order valence-electron chi connectivity index (χ0n) is 12.0. The molecule has 21 heavy (non-hydrogen) atoms. The van der Waals surface area contributed by atoms with Crippen molar-refractivity contribution in [1.29, 1.82) is 0 Å². The number of thiazole rings is 2. The van der Waals surface area contributed by atoms with Gasteiger partial charge in [0.1, 0.15) is 10.7 Å². The number of nitrogens with zero attached hydrogens (tertiary/aromatic N) is 4. The Labute approximate surface area is 135 Å². The number of aryl methyl sites for hydroxylation is 3. The summed E-state index contributed by atoms with van der Waals surface area (Å²) in [5.74, 6) is 0.830. The number of aromatic nitrogens is 4. The van der Waals surface area contributed by atoms with Gasteiger partial charge in [-0.25, -0.2) is 9.97 Å². The summed E-state index contributed by atoms with van der Waals surface area (Å²) >= 11 is 4.99. The van der Waals surface area contributed by atoms with Gasteiger partial charge in [0.15, 0.2) is 0 Å². The molecule has 3 rings (SSSR count). The van der Waals surface area contributed by atoms with E-state index in [0.717, 1.165) is 42.8 Å². The molecule has 3 heterocycles. The highest BCUT2D eigenvalue weighted by Gasteiger charge is 2.10. The molecule has 0 amide bonds. The number of hydrogen-bond acceptors (Lipinski definition) is 7. The lowest BCUT2D eigenvalue weighted by atomic mass is 10.3. The molecule has 3 aromatic heterocycles. The highest BCUT2D eigenvalue weighted by Crippen LogP contribution is 2.29. The monoisotopic (exact) mass is 334 g/mol. The third kappa shape index (κ3) is 3.48. The number of rotatable bonds is 4. The van der Waals surface area contributed by atoms with E-state index in [-0.39, 0.29) is 0 Å². The van der Waals surface area contributed by atoms with Crippen molar-refractivity contribution in [3.8, 4) is 10.6 Å². The van der Waals surface area contributed by atoms with Crippen LogP contribution < -0.4 is 0 Å². The molecule has 7 heteroatoms. The van der Waals surface area contributed by atoms with Crippen LogP contribution in [0.5, 0.6) is 0 Å². The van der Waals surface area contributed by atoms with E-state index in [1.165, 1.54) is 0 Å². The summed E-state index contributed by atoms with van der Waals surface area (Å²) in [6.07, 6.45) is 0. The second-order valence-electron chi connectivity index (χ2n) is 4.55. The lowest BCUT2D eigenvalue weighted by Crippen LogP contribution is -1.90. The highest BCUT2D eigenvalue weighted by atomic mass is 32.2. The Bertz CT molecular complexity index is 746. The van der Waals surface area contributed by atoms with Gasteiger partial charge >= 0.3 is 0 Å². The lowest BCUT2D eigenvalue weighted by Gasteiger charge is -2.00. The zero-order chi connectivity index (χ0) is 14.8. The Hall–Kier alpha value is -1.31. The second-order valence-corrected chi connectivity index (χ2v) is 7.81. The Balaban J connectivity index is 1.70. The van der Waals surface area contributed by atoms with E-state index in [1.807, 2.05) is 32.9 Å². The van der Waals surface area contributed by atoms with Crippen molar-refractivity contribution in [2.24, 2.45) is 0 Å². The zero-order valence-corrected chi connectivity index (χ0v) is 14.4. The van der Waals surface area contributed by atoms with Crippen LogP contribution in [0.1, 0.15) is 21.4 Å². The fourth-order valence-corrected chi connectivity index (χ4v) is 4.22. The Kier molecular flexibility index (Phi) is 4.32. The maximum Gasteiger partial charge on any atom is 0.119 e. The molecule has 0 unspecified atom stereocenters. The Morgan fingerprint density at radius 2 is 1.90 bits per heavy atom. The first kappa shape index (κ1) is 14.6. The normalized spacial score (nSPS) is 11.0. The van der Waals surface area contributed by atoms with Crippen LogP contribution in [0.3, 0.4) is 0 Å². The van der Waals surface area contributed by atoms with E-state index in [4.69, 9.17) is 0 Å². The maximum absolute atomic E-state index is 4.45. The molecule has 0 aliphatic carbocycles. The van der Waals surface area contributed by atoms with Crippen LogP contribution in [0.15, 0.2) is 22.5 Å². The fraction of sp³-hybridized carbons (Fsp3) is 0.286. The summed E-state index contributed by atoms with van der Waals surface area (Å²) in [6, 6.07) is 4.03. The molecule has 0 bridgehead atoms. The molecule has 0 spiro atoms. The van der Waals surface area contributed by atoms with Gasteiger partial charge < -0.3 is 0 Å². The van der Waals surface area contributed by atoms with Crippen molar-refractivity contribution in [1.82, 2.24) is 20.2 Å². The third-order valence-corrected chi connectivity index (χ3v) is 5.68. The molecule has 0 radical (unpaired) electrons. The molecule has 0 aliphatic heterocycles. The third-order valence-electron chi connectivity index (χ3n) is 2.81. The summed E-state index contributed by atoms with van der Waals surface area (Å²) in [4.78, 5) is 9.98. The van der Waals surface area contributed by atoms with E-state index in [9.17, 15) is 0 Å². The van der Waals surface area contributed by atoms with Crippen LogP contribution in [0, 0.1) is 20.8 Å². The minimum Gasteiger partial charge on any atom is -0.246 e. The van der Waals surface area contributed by atoms with Gasteiger partial charge in [0.05, 0.1) is 26.3 Å². The minimum absolute atomic E-state index is 0.830. The van der Waals surface area contributed by atoms with Crippen LogP contribution >= 0.6 is 34.4 Å². The Morgan fingerprint density at radius 1 is 1.05 bits per heavy atom. The summed E-state index contributed by atoms with van der Waals surface area (Å²) < 4.78 is 0. The van der Waals surface area contributed by atoms with Gasteiger partial charge in [0.2, 0.25) is 0 Å². The standard InChI is InChI=1S/C14H14N4S3/c1-8-14(21-10(3)15-8)12-4-5-13(18-17-12)20-7-11-6-19-9(2)16-11/h4-6H,7H2,1-3H3. The Morgan fingerprint density at radius 3 is 2.48 bits per heavy atom. The second kappa shape index (κ2) is 6.21. The summed E-state index contributed by atoms with van der Waals surface area (Å²) in [6.45, 7) is 6.04. The molecule has 0 atom stereocenters. The van der Waals surface area contributed by atoms with Crippen molar-refractivity contribution < 1.29 is 0 Å². The van der Waals surface area contributed by atoms with Crippen molar-refractivity contribution in [3.63, 3.8) is 0 Å². The van der Waals surface area contributed by atoms with Gasteiger partial charge in [0, 0.05) is 11.1 Å². The van der Waals surface area contributed by atoms with Gasteiger partial charge in [0.25, 0.3) is 0 Å². The minimum atomic E-state index is 0.830. The van der Waals surface area contributed by atoms with Crippen molar-refractivity contribution in [2.45, 2.75) is 31.6 Å². The average molecular weight is 334 g/mol. The van der Waals surface area contributed by atoms with Crippen LogP contribution in [0.25, 0.3) is 10.6 Å². The van der Waals surface area contributed by atoms with E-state index < -0.39 is 0 Å². The fourth-order valence-electron chi connectivity index (χ4n) is 1.91. The van der Waals surface area contributed by atoms with Crippen LogP contribution in [-0.4, -0.2) is 20.2 Å². The molecule has 4 nitrogen and oxygen atoms in total. The van der Waals surface area contributed by atoms with Crippen molar-refractivity contribution in [2.75, 3.05) is 0 Å². The van der Waals surface area contributed by atoms with Crippen LogP contribution in [-0.2, 0) is 5.75 Å². The van der Waals surface area contributed by atoms with E-state index in [0.29, 0.717) is 0 Å². The first-order valence-electron chi connectivity index (χ1n) is 6.44. The van der Waals surface area contributed by atoms with E-state index in [1.54, 1.807) is 34.4 Å². The number of hydrogen-bond donors (Lipinski definition) is 0. The predicted molar refractivity (Wildman–Crippen MR) is 89.0 cm³/mol. The van der Waals surface area contributed by atoms with Crippen LogP contribution in [0.4, 0.5) is 0 Å². The van der Waals surface area contributed by atoms with Gasteiger partial charge in [-0.1, -0.05) is 11.8 Å². The predicted octanol–water partition coefficient (Wildman–Crippen LogP) is 4.27. The molecule has 108 valence electrons. The lowest BCUT2D eigenvalue weighted by molar-refractivity contribution is 0.935. The van der Waals surface area contributed by atoms with Gasteiger partial charge in [-0.15, -0.1) is 32.9 Å². The number of thioether (sulfide) groups is 1. The molecule has 3 aromatic rings. The summed E-state index contributed by atoms with van der Waals surface area (Å²) in [5, 5.41) is 13.8. The van der Waals surface area contributed by atoms with Gasteiger partial charge in [-0.05, 0) is 32.9 Å². The van der Waals surface area contributed by atoms with Gasteiger partial charge in [-0.2, -0.15) is 0 Å². The topological polar surface area (TPSA) is 51.6 Å².